The van der Waals surface area contributed by atoms with Crippen molar-refractivity contribution >= 4 is 5.84 Å². The van der Waals surface area contributed by atoms with E-state index in [2.05, 4.69) is 11.9 Å². The number of nitrogens with one attached hydrogen (secondary N) is 1. The van der Waals surface area contributed by atoms with E-state index in [1.807, 2.05) is 25.1 Å². The summed E-state index contributed by atoms with van der Waals surface area (Å²) in [4.78, 5) is 2.31. The molecule has 1 fully saturated rings. The molecule has 1 heterocycles. The molecule has 0 bridgehead atoms. The third-order valence-electron chi connectivity index (χ3n) is 3.45. The van der Waals surface area contributed by atoms with Crippen LogP contribution in [0, 0.1) is 12.3 Å². The van der Waals surface area contributed by atoms with Gasteiger partial charge in [-0.05, 0) is 38.4 Å². The molecule has 18 heavy (non-hydrogen) atoms. The molecule has 2 rings (SSSR count). The van der Waals surface area contributed by atoms with Crippen molar-refractivity contribution in [2.45, 2.75) is 25.9 Å². The molecular formula is C14H21N3O. The molecule has 4 nitrogen and oxygen atoms in total. The predicted octanol–water partition coefficient (Wildman–Crippen LogP) is 1.75. The van der Waals surface area contributed by atoms with Crippen molar-refractivity contribution < 1.29 is 4.74 Å². The van der Waals surface area contributed by atoms with Gasteiger partial charge in [-0.2, -0.15) is 0 Å². The van der Waals surface area contributed by atoms with Gasteiger partial charge in [0.25, 0.3) is 0 Å². The lowest BCUT2D eigenvalue weighted by Crippen LogP contribution is -2.36. The molecule has 1 aliphatic rings. The summed E-state index contributed by atoms with van der Waals surface area (Å²) in [5.41, 5.74) is 7.35. The number of nitrogens with two attached hydrogens (primary N) is 1. The van der Waals surface area contributed by atoms with Crippen LogP contribution >= 0.6 is 0 Å². The van der Waals surface area contributed by atoms with E-state index in [-0.39, 0.29) is 11.9 Å². The monoisotopic (exact) mass is 247 g/mol. The van der Waals surface area contributed by atoms with E-state index in [1.54, 1.807) is 0 Å². The van der Waals surface area contributed by atoms with Crippen molar-refractivity contribution in [2.75, 3.05) is 20.1 Å². The van der Waals surface area contributed by atoms with Gasteiger partial charge in [0.2, 0.25) is 0 Å². The van der Waals surface area contributed by atoms with Gasteiger partial charge in [0.15, 0.2) is 0 Å². The summed E-state index contributed by atoms with van der Waals surface area (Å²) in [5.74, 6) is 0.848. The Labute approximate surface area is 108 Å². The van der Waals surface area contributed by atoms with Crippen molar-refractivity contribution in [3.8, 4) is 5.75 Å². The van der Waals surface area contributed by atoms with Gasteiger partial charge >= 0.3 is 0 Å². The first-order valence-electron chi connectivity index (χ1n) is 6.37. The van der Waals surface area contributed by atoms with Crippen LogP contribution in [0.2, 0.25) is 0 Å². The summed E-state index contributed by atoms with van der Waals surface area (Å²) in [5, 5.41) is 7.61. The van der Waals surface area contributed by atoms with Crippen LogP contribution in [-0.2, 0) is 0 Å². The van der Waals surface area contributed by atoms with E-state index in [4.69, 9.17) is 15.9 Å². The first-order valence-corrected chi connectivity index (χ1v) is 6.37. The molecule has 1 aliphatic heterocycles. The van der Waals surface area contributed by atoms with E-state index in [1.165, 1.54) is 0 Å². The maximum Gasteiger partial charge on any atom is 0.133 e. The fraction of sp³-hybridized carbons (Fsp3) is 0.500. The summed E-state index contributed by atoms with van der Waals surface area (Å²) >= 11 is 0. The van der Waals surface area contributed by atoms with Gasteiger partial charge in [-0.1, -0.05) is 12.1 Å². The first kappa shape index (κ1) is 12.9. The van der Waals surface area contributed by atoms with Crippen molar-refractivity contribution in [3.05, 3.63) is 29.3 Å². The van der Waals surface area contributed by atoms with Crippen LogP contribution in [0.25, 0.3) is 0 Å². The smallest absolute Gasteiger partial charge is 0.133 e. The summed E-state index contributed by atoms with van der Waals surface area (Å²) in [6.45, 7) is 4.12. The van der Waals surface area contributed by atoms with E-state index in [9.17, 15) is 0 Å². The van der Waals surface area contributed by atoms with Gasteiger partial charge < -0.3 is 15.4 Å². The van der Waals surface area contributed by atoms with Gasteiger partial charge in [-0.15, -0.1) is 0 Å². The van der Waals surface area contributed by atoms with E-state index >= 15 is 0 Å². The molecule has 0 aromatic heterocycles. The predicted molar refractivity (Wildman–Crippen MR) is 73.3 cm³/mol. The topological polar surface area (TPSA) is 62.3 Å². The van der Waals surface area contributed by atoms with Crippen molar-refractivity contribution in [1.82, 2.24) is 4.90 Å². The number of nitrogen functional groups attached to an aromatic ring is 1. The summed E-state index contributed by atoms with van der Waals surface area (Å²) < 4.78 is 6.08. The second-order valence-electron chi connectivity index (χ2n) is 4.99. The highest BCUT2D eigenvalue weighted by molar-refractivity contribution is 5.98. The third-order valence-corrected chi connectivity index (χ3v) is 3.45. The zero-order valence-corrected chi connectivity index (χ0v) is 11.1. The largest absolute Gasteiger partial charge is 0.489 e. The normalized spacial score (nSPS) is 17.7. The highest BCUT2D eigenvalue weighted by Gasteiger charge is 2.20. The summed E-state index contributed by atoms with van der Waals surface area (Å²) in [6.07, 6.45) is 2.30. The average molecular weight is 247 g/mol. The Morgan fingerprint density at radius 1 is 1.39 bits per heavy atom. The van der Waals surface area contributed by atoms with Gasteiger partial charge in [0.05, 0.1) is 5.56 Å². The Morgan fingerprint density at radius 2 is 2.06 bits per heavy atom. The van der Waals surface area contributed by atoms with Crippen LogP contribution in [0.3, 0.4) is 0 Å². The molecule has 0 unspecified atom stereocenters. The number of likely N-dealkylation sites (tertiary alicyclic amines) is 1. The summed E-state index contributed by atoms with van der Waals surface area (Å²) in [7, 11) is 2.13. The second kappa shape index (κ2) is 5.40. The van der Waals surface area contributed by atoms with Crippen LogP contribution in [0.4, 0.5) is 0 Å². The quantitative estimate of drug-likeness (QED) is 0.632. The molecule has 0 atom stereocenters. The Bertz CT molecular complexity index is 437. The first-order chi connectivity index (χ1) is 8.58. The number of rotatable bonds is 3. The molecule has 4 heteroatoms. The molecule has 1 aromatic rings. The van der Waals surface area contributed by atoms with E-state index in [0.29, 0.717) is 5.56 Å². The van der Waals surface area contributed by atoms with Gasteiger partial charge in [0, 0.05) is 13.1 Å². The minimum atomic E-state index is 0.0710. The number of para-hydroxylation sites is 1. The zero-order chi connectivity index (χ0) is 13.1. The molecule has 0 spiro atoms. The minimum Gasteiger partial charge on any atom is -0.489 e. The van der Waals surface area contributed by atoms with Gasteiger partial charge in [-0.25, -0.2) is 0 Å². The highest BCUT2D eigenvalue weighted by atomic mass is 16.5. The molecule has 0 aliphatic carbocycles. The molecule has 1 saturated heterocycles. The third kappa shape index (κ3) is 2.82. The Balaban J connectivity index is 2.15. The molecule has 0 radical (unpaired) electrons. The lowest BCUT2D eigenvalue weighted by atomic mass is 10.1. The van der Waals surface area contributed by atoms with Crippen LogP contribution < -0.4 is 10.5 Å². The van der Waals surface area contributed by atoms with Crippen molar-refractivity contribution in [3.63, 3.8) is 0 Å². The number of hydrogen-bond donors (Lipinski definition) is 2. The van der Waals surface area contributed by atoms with Gasteiger partial charge in [-0.3, -0.25) is 5.41 Å². The fourth-order valence-corrected chi connectivity index (χ4v) is 2.29. The van der Waals surface area contributed by atoms with Crippen LogP contribution in [-0.4, -0.2) is 37.0 Å². The molecule has 0 saturated carbocycles. The number of benzene rings is 1. The Morgan fingerprint density at radius 3 is 2.67 bits per heavy atom. The molecule has 0 amide bonds. The van der Waals surface area contributed by atoms with Gasteiger partial charge in [0.1, 0.15) is 17.7 Å². The average Bonchev–Trinajstić information content (AvgIpc) is 2.34. The lowest BCUT2D eigenvalue weighted by molar-refractivity contribution is 0.113. The fourth-order valence-electron chi connectivity index (χ4n) is 2.29. The van der Waals surface area contributed by atoms with Crippen LogP contribution in [0.5, 0.6) is 5.75 Å². The van der Waals surface area contributed by atoms with Crippen molar-refractivity contribution in [2.24, 2.45) is 5.73 Å². The van der Waals surface area contributed by atoms with Crippen LogP contribution in [0.15, 0.2) is 18.2 Å². The number of hydrogen-bond acceptors (Lipinski definition) is 3. The maximum absolute atomic E-state index is 7.61. The minimum absolute atomic E-state index is 0.0710. The highest BCUT2D eigenvalue weighted by Crippen LogP contribution is 2.26. The Hall–Kier alpha value is -1.55. The van der Waals surface area contributed by atoms with E-state index in [0.717, 1.165) is 37.2 Å². The number of amidine groups is 1. The zero-order valence-electron chi connectivity index (χ0n) is 11.1. The number of piperidine rings is 1. The molecular weight excluding hydrogens is 226 g/mol. The molecule has 98 valence electrons. The molecule has 1 aromatic carbocycles. The second-order valence-corrected chi connectivity index (χ2v) is 4.99. The standard InChI is InChI=1S/C14H21N3O/c1-10-4-3-5-12(14(15)16)13(10)18-11-6-8-17(2)9-7-11/h3-5,11H,6-9H2,1-2H3,(H3,15,16). The maximum atomic E-state index is 7.61. The number of ether oxygens (including phenoxy) is 1. The molecule has 3 N–H and O–H groups in total. The summed E-state index contributed by atoms with van der Waals surface area (Å²) in [6, 6.07) is 5.75. The van der Waals surface area contributed by atoms with Crippen LogP contribution in [0.1, 0.15) is 24.0 Å². The number of nitrogens with zero attached hydrogens (tertiary/aromatic N) is 1. The SMILES string of the molecule is Cc1cccc(C(=N)N)c1OC1CCN(C)CC1. The van der Waals surface area contributed by atoms with E-state index < -0.39 is 0 Å². The van der Waals surface area contributed by atoms with Crippen molar-refractivity contribution in [1.29, 1.82) is 5.41 Å². The number of aryl methyl sites for hydroxylation is 1. The lowest BCUT2D eigenvalue weighted by Gasteiger charge is -2.30. The Kier molecular flexibility index (Phi) is 3.87.